The van der Waals surface area contributed by atoms with E-state index in [0.717, 1.165) is 6.07 Å². The first-order chi connectivity index (χ1) is 6.27. The van der Waals surface area contributed by atoms with Gasteiger partial charge in [0.05, 0.1) is 11.5 Å². The van der Waals surface area contributed by atoms with Crippen LogP contribution in [0.15, 0.2) is 12.1 Å². The van der Waals surface area contributed by atoms with E-state index in [4.69, 9.17) is 5.26 Å². The molecule has 1 aromatic heterocycles. The van der Waals surface area contributed by atoms with Crippen molar-refractivity contribution < 1.29 is 13.2 Å². The Morgan fingerprint density at radius 2 is 1.71 bits per heavy atom. The minimum Gasteiger partial charge on any atom is -0.197 e. The van der Waals surface area contributed by atoms with Crippen molar-refractivity contribution in [3.05, 3.63) is 21.9 Å². The molecule has 0 radical (unpaired) electrons. The molecule has 1 heterocycles. The summed E-state index contributed by atoms with van der Waals surface area (Å²) in [5.74, 6) is 0. The smallest absolute Gasteiger partial charge is 0.197 e. The molecule has 0 aliphatic rings. The van der Waals surface area contributed by atoms with E-state index in [1.165, 1.54) is 6.07 Å². The monoisotopic (exact) mass is 219 g/mol. The highest BCUT2D eigenvalue weighted by Gasteiger charge is 2.34. The van der Waals surface area contributed by atoms with Crippen LogP contribution >= 0.6 is 11.3 Å². The Morgan fingerprint density at radius 1 is 1.21 bits per heavy atom. The third-order valence-electron chi connectivity index (χ3n) is 1.78. The number of alkyl halides is 3. The van der Waals surface area contributed by atoms with Crippen LogP contribution in [0.5, 0.6) is 0 Å². The molecular formula is C9H8F3NS. The van der Waals surface area contributed by atoms with Gasteiger partial charge in [-0.1, -0.05) is 0 Å². The number of hydrogen-bond acceptors (Lipinski definition) is 2. The molecule has 0 aliphatic heterocycles. The Morgan fingerprint density at radius 3 is 2.07 bits per heavy atom. The predicted octanol–water partition coefficient (Wildman–Crippen LogP) is 3.57. The maximum absolute atomic E-state index is 12.2. The zero-order chi connectivity index (χ0) is 11.0. The van der Waals surface area contributed by atoms with E-state index in [-0.39, 0.29) is 0 Å². The van der Waals surface area contributed by atoms with Gasteiger partial charge in [-0.25, -0.2) is 0 Å². The Hall–Kier alpha value is -1.02. The molecule has 0 spiro atoms. The van der Waals surface area contributed by atoms with Gasteiger partial charge in [0.15, 0.2) is 0 Å². The average Bonchev–Trinajstić information content (AvgIpc) is 2.51. The molecule has 0 N–H and O–H groups in total. The second-order valence-electron chi connectivity index (χ2n) is 3.40. The fourth-order valence-corrected chi connectivity index (χ4v) is 1.81. The van der Waals surface area contributed by atoms with Crippen LogP contribution in [-0.2, 0) is 11.6 Å². The standard InChI is InChI=1S/C9H8F3NS/c1-8(2,5-13)6-3-4-7(14-6)9(10,11)12/h3-4H,1-2H3. The van der Waals surface area contributed by atoms with Gasteiger partial charge in [-0.2, -0.15) is 18.4 Å². The van der Waals surface area contributed by atoms with Crippen molar-refractivity contribution in [2.24, 2.45) is 0 Å². The zero-order valence-electron chi connectivity index (χ0n) is 7.64. The quantitative estimate of drug-likeness (QED) is 0.708. The summed E-state index contributed by atoms with van der Waals surface area (Å²) in [5.41, 5.74) is -0.853. The molecule has 0 aliphatic carbocycles. The highest BCUT2D eigenvalue weighted by Crippen LogP contribution is 2.38. The van der Waals surface area contributed by atoms with Crippen LogP contribution in [0, 0.1) is 11.3 Å². The number of rotatable bonds is 1. The van der Waals surface area contributed by atoms with Gasteiger partial charge < -0.3 is 0 Å². The second-order valence-corrected chi connectivity index (χ2v) is 4.48. The van der Waals surface area contributed by atoms with Gasteiger partial charge in [0.2, 0.25) is 0 Å². The van der Waals surface area contributed by atoms with Gasteiger partial charge in [0.25, 0.3) is 0 Å². The Kier molecular flexibility index (Phi) is 2.59. The lowest BCUT2D eigenvalue weighted by Crippen LogP contribution is -2.11. The summed E-state index contributed by atoms with van der Waals surface area (Å²) in [6.07, 6.45) is -4.31. The van der Waals surface area contributed by atoms with Crippen LogP contribution < -0.4 is 0 Å². The van der Waals surface area contributed by atoms with Gasteiger partial charge in [0.1, 0.15) is 4.88 Å². The van der Waals surface area contributed by atoms with Gasteiger partial charge in [0, 0.05) is 4.88 Å². The van der Waals surface area contributed by atoms with Crippen LogP contribution in [0.2, 0.25) is 0 Å². The van der Waals surface area contributed by atoms with Gasteiger partial charge >= 0.3 is 6.18 Å². The summed E-state index contributed by atoms with van der Waals surface area (Å²) in [6, 6.07) is 4.34. The van der Waals surface area contributed by atoms with Crippen LogP contribution in [0.25, 0.3) is 0 Å². The lowest BCUT2D eigenvalue weighted by Gasteiger charge is -2.11. The van der Waals surface area contributed by atoms with Crippen molar-refractivity contribution in [3.63, 3.8) is 0 Å². The van der Waals surface area contributed by atoms with Crippen molar-refractivity contribution in [3.8, 4) is 6.07 Å². The Balaban J connectivity index is 3.08. The van der Waals surface area contributed by atoms with Crippen molar-refractivity contribution in [2.75, 3.05) is 0 Å². The van der Waals surface area contributed by atoms with Crippen molar-refractivity contribution in [2.45, 2.75) is 25.4 Å². The third-order valence-corrected chi connectivity index (χ3v) is 3.23. The van der Waals surface area contributed by atoms with E-state index in [1.807, 2.05) is 6.07 Å². The largest absolute Gasteiger partial charge is 0.425 e. The molecule has 0 aromatic carbocycles. The van der Waals surface area contributed by atoms with Gasteiger partial charge in [-0.15, -0.1) is 11.3 Å². The highest BCUT2D eigenvalue weighted by molar-refractivity contribution is 7.12. The highest BCUT2D eigenvalue weighted by atomic mass is 32.1. The van der Waals surface area contributed by atoms with E-state index in [1.54, 1.807) is 13.8 Å². The molecule has 1 nitrogen and oxygen atoms in total. The lowest BCUT2D eigenvalue weighted by molar-refractivity contribution is -0.134. The van der Waals surface area contributed by atoms with Crippen LogP contribution in [0.1, 0.15) is 23.6 Å². The molecule has 0 saturated heterocycles. The van der Waals surface area contributed by atoms with E-state index in [2.05, 4.69) is 0 Å². The van der Waals surface area contributed by atoms with Crippen LogP contribution in [-0.4, -0.2) is 0 Å². The molecule has 1 aromatic rings. The maximum atomic E-state index is 12.2. The van der Waals surface area contributed by atoms with Gasteiger partial charge in [-0.05, 0) is 26.0 Å². The van der Waals surface area contributed by atoms with Crippen molar-refractivity contribution >= 4 is 11.3 Å². The van der Waals surface area contributed by atoms with E-state index >= 15 is 0 Å². The molecule has 0 saturated carbocycles. The van der Waals surface area contributed by atoms with Crippen LogP contribution in [0.4, 0.5) is 13.2 Å². The SMILES string of the molecule is CC(C)(C#N)c1ccc(C(F)(F)F)s1. The topological polar surface area (TPSA) is 23.8 Å². The van der Waals surface area contributed by atoms with Crippen LogP contribution in [0.3, 0.4) is 0 Å². The first-order valence-electron chi connectivity index (χ1n) is 3.86. The molecule has 0 unspecified atom stereocenters. The predicted molar refractivity (Wildman–Crippen MR) is 48.0 cm³/mol. The molecule has 5 heteroatoms. The number of hydrogen-bond donors (Lipinski definition) is 0. The number of halogens is 3. The third kappa shape index (κ3) is 2.07. The first-order valence-corrected chi connectivity index (χ1v) is 4.68. The maximum Gasteiger partial charge on any atom is 0.425 e. The normalized spacial score (nSPS) is 12.6. The Bertz CT molecular complexity index is 370. The van der Waals surface area contributed by atoms with E-state index in [0.29, 0.717) is 16.2 Å². The van der Waals surface area contributed by atoms with E-state index in [9.17, 15) is 13.2 Å². The summed E-state index contributed by atoms with van der Waals surface area (Å²) < 4.78 is 36.7. The number of nitrogens with zero attached hydrogens (tertiary/aromatic N) is 1. The van der Waals surface area contributed by atoms with E-state index < -0.39 is 16.5 Å². The first kappa shape index (κ1) is 11.1. The molecule has 0 fully saturated rings. The molecule has 76 valence electrons. The molecule has 0 atom stereocenters. The Labute approximate surface area is 83.8 Å². The number of nitriles is 1. The summed E-state index contributed by atoms with van der Waals surface area (Å²) >= 11 is 0.624. The number of thiophene rings is 1. The fraction of sp³-hybridized carbons (Fsp3) is 0.444. The van der Waals surface area contributed by atoms with Crippen molar-refractivity contribution in [1.82, 2.24) is 0 Å². The van der Waals surface area contributed by atoms with Crippen molar-refractivity contribution in [1.29, 1.82) is 5.26 Å². The molecule has 14 heavy (non-hydrogen) atoms. The fourth-order valence-electron chi connectivity index (χ4n) is 0.881. The average molecular weight is 219 g/mol. The van der Waals surface area contributed by atoms with Gasteiger partial charge in [-0.3, -0.25) is 0 Å². The summed E-state index contributed by atoms with van der Waals surface area (Å²) in [7, 11) is 0. The summed E-state index contributed by atoms with van der Waals surface area (Å²) in [6.45, 7) is 3.19. The molecule has 0 amide bonds. The summed E-state index contributed by atoms with van der Waals surface area (Å²) in [4.78, 5) is -0.219. The summed E-state index contributed by atoms with van der Waals surface area (Å²) in [5, 5.41) is 8.73. The lowest BCUT2D eigenvalue weighted by atomic mass is 9.94. The molecule has 1 rings (SSSR count). The molecule has 0 bridgehead atoms. The minimum atomic E-state index is -4.31. The second kappa shape index (κ2) is 3.28. The minimum absolute atomic E-state index is 0.437. The zero-order valence-corrected chi connectivity index (χ0v) is 8.46. The molecular weight excluding hydrogens is 211 g/mol.